The predicted molar refractivity (Wildman–Crippen MR) is 146 cm³/mol. The van der Waals surface area contributed by atoms with Crippen molar-refractivity contribution in [3.63, 3.8) is 0 Å². The van der Waals surface area contributed by atoms with Gasteiger partial charge in [-0.3, -0.25) is 9.59 Å². The molecule has 0 radical (unpaired) electrons. The van der Waals surface area contributed by atoms with E-state index in [1.165, 1.54) is 19.1 Å². The molecule has 1 atom stereocenters. The minimum Gasteiger partial charge on any atom is -0.507 e. The quantitative estimate of drug-likeness (QED) is 0.218. The molecule has 0 aliphatic carbocycles. The number of aryl methyl sites for hydroxylation is 2. The molecule has 1 aliphatic rings. The van der Waals surface area contributed by atoms with Crippen LogP contribution in [0.1, 0.15) is 33.9 Å². The Kier molecular flexibility index (Phi) is 8.39. The zero-order valence-corrected chi connectivity index (χ0v) is 22.5. The molecule has 3 aromatic rings. The second kappa shape index (κ2) is 11.7. The lowest BCUT2D eigenvalue weighted by Crippen LogP contribution is -2.32. The number of halogens is 1. The molecule has 1 amide bonds. The highest BCUT2D eigenvalue weighted by Gasteiger charge is 2.46. The number of ether oxygens (including phenoxy) is 3. The lowest BCUT2D eigenvalue weighted by Gasteiger charge is -2.25. The third-order valence-electron chi connectivity index (χ3n) is 6.42. The van der Waals surface area contributed by atoms with Crippen LogP contribution >= 0.6 is 11.6 Å². The van der Waals surface area contributed by atoms with Gasteiger partial charge in [0.15, 0.2) is 0 Å². The Morgan fingerprint density at radius 3 is 2.42 bits per heavy atom. The molecule has 3 aromatic carbocycles. The lowest BCUT2D eigenvalue weighted by atomic mass is 9.94. The van der Waals surface area contributed by atoms with E-state index < -0.39 is 17.7 Å². The van der Waals surface area contributed by atoms with Crippen molar-refractivity contribution in [1.82, 2.24) is 4.90 Å². The predicted octanol–water partition coefficient (Wildman–Crippen LogP) is 5.61. The summed E-state index contributed by atoms with van der Waals surface area (Å²) in [6.07, 6.45) is 0. The first kappa shape index (κ1) is 27.2. The maximum atomic E-state index is 13.3. The Balaban J connectivity index is 1.79. The number of likely N-dealkylation sites (tertiary alicyclic amines) is 1. The molecule has 8 heteroatoms. The van der Waals surface area contributed by atoms with Crippen molar-refractivity contribution >= 4 is 29.1 Å². The number of ketones is 1. The van der Waals surface area contributed by atoms with Crippen molar-refractivity contribution in [2.24, 2.45) is 0 Å². The van der Waals surface area contributed by atoms with E-state index in [9.17, 15) is 14.7 Å². The van der Waals surface area contributed by atoms with Crippen LogP contribution in [0.5, 0.6) is 11.5 Å². The molecule has 1 fully saturated rings. The molecular weight excluding hydrogens is 506 g/mol. The Labute approximate surface area is 227 Å². The normalized spacial score (nSPS) is 16.7. The molecule has 198 valence electrons. The van der Waals surface area contributed by atoms with Crippen LogP contribution in [0.4, 0.5) is 0 Å². The smallest absolute Gasteiger partial charge is 0.295 e. The fourth-order valence-corrected chi connectivity index (χ4v) is 4.88. The zero-order valence-electron chi connectivity index (χ0n) is 21.8. The maximum Gasteiger partial charge on any atom is 0.295 e. The summed E-state index contributed by atoms with van der Waals surface area (Å²) in [7, 11) is 2.95. The van der Waals surface area contributed by atoms with Crippen molar-refractivity contribution in [1.29, 1.82) is 0 Å². The van der Waals surface area contributed by atoms with Crippen molar-refractivity contribution in [3.05, 3.63) is 99.1 Å². The van der Waals surface area contributed by atoms with Crippen molar-refractivity contribution in [2.75, 3.05) is 27.4 Å². The molecule has 38 heavy (non-hydrogen) atoms. The Morgan fingerprint density at radius 1 is 1.00 bits per heavy atom. The number of methoxy groups -OCH3 is 2. The van der Waals surface area contributed by atoms with Gasteiger partial charge in [0.1, 0.15) is 23.9 Å². The summed E-state index contributed by atoms with van der Waals surface area (Å²) in [5.74, 6) is -1.10. The van der Waals surface area contributed by atoms with Gasteiger partial charge < -0.3 is 24.2 Å². The summed E-state index contributed by atoms with van der Waals surface area (Å²) in [6, 6.07) is 17.7. The number of nitrogens with zero attached hydrogens (tertiary/aromatic N) is 1. The van der Waals surface area contributed by atoms with Gasteiger partial charge >= 0.3 is 0 Å². The van der Waals surface area contributed by atoms with E-state index in [1.54, 1.807) is 30.3 Å². The fourth-order valence-electron chi connectivity index (χ4n) is 4.53. The molecule has 7 nitrogen and oxygen atoms in total. The molecule has 1 N–H and O–H groups in total. The molecule has 1 unspecified atom stereocenters. The van der Waals surface area contributed by atoms with Crippen LogP contribution in [0.15, 0.2) is 66.2 Å². The summed E-state index contributed by atoms with van der Waals surface area (Å²) >= 11 is 6.36. The number of hydrogen-bond acceptors (Lipinski definition) is 6. The van der Waals surface area contributed by atoms with Gasteiger partial charge in [-0.15, -0.1) is 0 Å². The van der Waals surface area contributed by atoms with Crippen LogP contribution < -0.4 is 9.47 Å². The number of benzene rings is 3. The van der Waals surface area contributed by atoms with Gasteiger partial charge in [0.25, 0.3) is 11.7 Å². The topological polar surface area (TPSA) is 85.3 Å². The van der Waals surface area contributed by atoms with Crippen molar-refractivity contribution < 1.29 is 28.9 Å². The van der Waals surface area contributed by atoms with Gasteiger partial charge in [-0.05, 0) is 54.8 Å². The third-order valence-corrected chi connectivity index (χ3v) is 6.70. The number of rotatable bonds is 9. The number of aliphatic hydroxyl groups excluding tert-OH is 1. The average Bonchev–Trinajstić information content (AvgIpc) is 3.16. The van der Waals surface area contributed by atoms with E-state index >= 15 is 0 Å². The van der Waals surface area contributed by atoms with Gasteiger partial charge in [0, 0.05) is 13.7 Å². The van der Waals surface area contributed by atoms with Gasteiger partial charge in [-0.25, -0.2) is 0 Å². The first-order chi connectivity index (χ1) is 18.2. The highest BCUT2D eigenvalue weighted by Crippen LogP contribution is 2.43. The SMILES string of the molecule is COCCN1C(=O)C(=O)/C(=C(/O)c2cc(C)cc(Cl)c2OC)C1c1cccc(OCc2ccc(C)cc2)c1. The molecule has 0 aromatic heterocycles. The van der Waals surface area contributed by atoms with Crippen LogP contribution in [0, 0.1) is 13.8 Å². The standard InChI is InChI=1S/C30H30ClNO6/c1-18-8-10-20(11-9-18)17-38-22-7-5-6-21(16-22)26-25(28(34)30(35)32(26)12-13-36-3)27(33)23-14-19(2)15-24(31)29(23)37-4/h5-11,14-16,26,33H,12-13,17H2,1-4H3/b27-25+. The highest BCUT2D eigenvalue weighted by molar-refractivity contribution is 6.46. The highest BCUT2D eigenvalue weighted by atomic mass is 35.5. The molecule has 0 spiro atoms. The summed E-state index contributed by atoms with van der Waals surface area (Å²) < 4.78 is 16.6. The van der Waals surface area contributed by atoms with Gasteiger partial charge in [0.2, 0.25) is 0 Å². The number of amides is 1. The van der Waals surface area contributed by atoms with E-state index in [2.05, 4.69) is 0 Å². The number of carbonyl (C=O) groups excluding carboxylic acids is 2. The molecule has 1 saturated heterocycles. The average molecular weight is 536 g/mol. The Bertz CT molecular complexity index is 1380. The number of carbonyl (C=O) groups is 2. The molecular formula is C30H30ClNO6. The maximum absolute atomic E-state index is 13.3. The van der Waals surface area contributed by atoms with E-state index in [1.807, 2.05) is 44.2 Å². The summed E-state index contributed by atoms with van der Waals surface area (Å²) in [6.45, 7) is 4.56. The number of Topliss-reactive ketones (excluding diaryl/α,β-unsaturated/α-hetero) is 1. The second-order valence-corrected chi connectivity index (χ2v) is 9.57. The van der Waals surface area contributed by atoms with Crippen LogP contribution in [-0.2, 0) is 20.9 Å². The fraction of sp³-hybridized carbons (Fsp3) is 0.267. The second-order valence-electron chi connectivity index (χ2n) is 9.16. The molecule has 1 aliphatic heterocycles. The number of hydrogen-bond donors (Lipinski definition) is 1. The van der Waals surface area contributed by atoms with Crippen LogP contribution in [0.2, 0.25) is 5.02 Å². The van der Waals surface area contributed by atoms with E-state index in [4.69, 9.17) is 25.8 Å². The minimum absolute atomic E-state index is 0.0539. The lowest BCUT2D eigenvalue weighted by molar-refractivity contribution is -0.140. The van der Waals surface area contributed by atoms with Gasteiger partial charge in [-0.2, -0.15) is 0 Å². The third kappa shape index (κ3) is 5.54. The Morgan fingerprint density at radius 2 is 1.74 bits per heavy atom. The van der Waals surface area contributed by atoms with Gasteiger partial charge in [-0.1, -0.05) is 53.6 Å². The van der Waals surface area contributed by atoms with Crippen LogP contribution in [0.3, 0.4) is 0 Å². The van der Waals surface area contributed by atoms with Crippen molar-refractivity contribution in [3.8, 4) is 11.5 Å². The number of aliphatic hydroxyl groups is 1. The van der Waals surface area contributed by atoms with E-state index in [-0.39, 0.29) is 40.8 Å². The monoisotopic (exact) mass is 535 g/mol. The molecule has 4 rings (SSSR count). The van der Waals surface area contributed by atoms with Gasteiger partial charge in [0.05, 0.1) is 35.9 Å². The van der Waals surface area contributed by atoms with Crippen LogP contribution in [-0.4, -0.2) is 49.1 Å². The first-order valence-electron chi connectivity index (χ1n) is 12.1. The van der Waals surface area contributed by atoms with Crippen LogP contribution in [0.25, 0.3) is 5.76 Å². The van der Waals surface area contributed by atoms with E-state index in [0.29, 0.717) is 17.9 Å². The largest absolute Gasteiger partial charge is 0.507 e. The van der Waals surface area contributed by atoms with Crippen molar-refractivity contribution in [2.45, 2.75) is 26.5 Å². The molecule has 0 bridgehead atoms. The first-order valence-corrected chi connectivity index (χ1v) is 12.5. The summed E-state index contributed by atoms with van der Waals surface area (Å²) in [5.41, 5.74) is 3.72. The Hall–Kier alpha value is -3.81. The zero-order chi connectivity index (χ0) is 27.4. The molecule has 1 heterocycles. The summed E-state index contributed by atoms with van der Waals surface area (Å²) in [5, 5.41) is 11.7. The summed E-state index contributed by atoms with van der Waals surface area (Å²) in [4.78, 5) is 27.9. The van der Waals surface area contributed by atoms with E-state index in [0.717, 1.165) is 16.7 Å². The minimum atomic E-state index is -0.864. The molecule has 0 saturated carbocycles.